The predicted octanol–water partition coefficient (Wildman–Crippen LogP) is 1.72. The molecule has 2 amide bonds. The second-order valence-electron chi connectivity index (χ2n) is 8.14. The lowest BCUT2D eigenvalue weighted by Gasteiger charge is -2.42. The van der Waals surface area contributed by atoms with E-state index >= 15 is 4.39 Å². The van der Waals surface area contributed by atoms with Crippen LogP contribution in [-0.4, -0.2) is 63.9 Å². The van der Waals surface area contributed by atoms with Crippen LogP contribution in [0.2, 0.25) is 0 Å². The number of hydrogen-bond donors (Lipinski definition) is 2. The number of alkyl halides is 1. The largest absolute Gasteiger partial charge is 0.388 e. The molecule has 0 bridgehead atoms. The van der Waals surface area contributed by atoms with Gasteiger partial charge in [-0.3, -0.25) is 9.59 Å². The summed E-state index contributed by atoms with van der Waals surface area (Å²) in [7, 11) is 0. The van der Waals surface area contributed by atoms with Gasteiger partial charge >= 0.3 is 0 Å². The van der Waals surface area contributed by atoms with E-state index in [9.17, 15) is 19.8 Å². The highest BCUT2D eigenvalue weighted by atomic mass is 19.1. The zero-order chi connectivity index (χ0) is 20.2. The van der Waals surface area contributed by atoms with Crippen molar-refractivity contribution in [2.24, 2.45) is 0 Å². The summed E-state index contributed by atoms with van der Waals surface area (Å²) in [5.41, 5.74) is 1.24. The Kier molecular flexibility index (Phi) is 4.78. The summed E-state index contributed by atoms with van der Waals surface area (Å²) < 4.78 is 25.8. The number of carbonyl (C=O) groups excluding carboxylic acids is 2. The molecule has 1 saturated heterocycles. The fraction of sp³-hybridized carbons (Fsp3) is 0.600. The van der Waals surface area contributed by atoms with Gasteiger partial charge in [-0.25, -0.2) is 9.29 Å². The maximum atomic E-state index is 15.1. The Morgan fingerprint density at radius 3 is 2.54 bits per heavy atom. The molecule has 1 saturated carbocycles. The first-order valence-electron chi connectivity index (χ1n) is 9.53. The van der Waals surface area contributed by atoms with Crippen LogP contribution >= 0.6 is 0 Å². The molecule has 152 valence electrons. The third kappa shape index (κ3) is 3.14. The molecular formula is C20H24FNO6. The molecule has 4 atom stereocenters. The Bertz CT molecular complexity index is 808. The molecule has 0 spiro atoms. The summed E-state index contributed by atoms with van der Waals surface area (Å²) in [6.45, 7) is 2.97. The quantitative estimate of drug-likeness (QED) is 0.597. The lowest BCUT2D eigenvalue weighted by atomic mass is 9.79. The van der Waals surface area contributed by atoms with Gasteiger partial charge < -0.3 is 19.7 Å². The number of imide groups is 1. The van der Waals surface area contributed by atoms with Gasteiger partial charge in [-0.1, -0.05) is 12.5 Å². The standard InChI is InChI=1S/C20H24FNO6/c1-20(2)27-9-14(23)16(28-20)15(24)17(21)22-18(25)12-7-6-11(10-4-3-5-10)8-13(12)19(22)26/h6-8,10,14-17,23-24H,3-5,9H2,1-2H3/t14?,15?,16-,17?/m1/s1. The van der Waals surface area contributed by atoms with E-state index in [0.29, 0.717) is 10.8 Å². The molecule has 3 aliphatic rings. The van der Waals surface area contributed by atoms with Crippen molar-refractivity contribution in [2.75, 3.05) is 6.61 Å². The average Bonchev–Trinajstić information content (AvgIpc) is 2.85. The first-order valence-corrected chi connectivity index (χ1v) is 9.53. The molecule has 1 aromatic carbocycles. The van der Waals surface area contributed by atoms with Crippen molar-refractivity contribution in [2.45, 2.75) is 69.4 Å². The summed E-state index contributed by atoms with van der Waals surface area (Å²) in [6.07, 6.45) is -3.70. The molecule has 0 radical (unpaired) electrons. The number of benzene rings is 1. The van der Waals surface area contributed by atoms with Crippen LogP contribution < -0.4 is 0 Å². The van der Waals surface area contributed by atoms with Gasteiger partial charge in [0.1, 0.15) is 18.3 Å². The maximum absolute atomic E-state index is 15.1. The van der Waals surface area contributed by atoms with E-state index in [1.54, 1.807) is 32.0 Å². The lowest BCUT2D eigenvalue weighted by Crippen LogP contribution is -2.58. The first-order chi connectivity index (χ1) is 13.2. The predicted molar refractivity (Wildman–Crippen MR) is 95.3 cm³/mol. The Morgan fingerprint density at radius 2 is 1.89 bits per heavy atom. The van der Waals surface area contributed by atoms with Crippen LogP contribution in [0.3, 0.4) is 0 Å². The molecule has 2 heterocycles. The topological polar surface area (TPSA) is 96.3 Å². The van der Waals surface area contributed by atoms with Gasteiger partial charge in [-0.15, -0.1) is 0 Å². The van der Waals surface area contributed by atoms with Crippen molar-refractivity contribution >= 4 is 11.8 Å². The minimum Gasteiger partial charge on any atom is -0.388 e. The van der Waals surface area contributed by atoms with Crippen LogP contribution in [0.5, 0.6) is 0 Å². The number of carbonyl (C=O) groups is 2. The van der Waals surface area contributed by atoms with Gasteiger partial charge in [0.05, 0.1) is 17.7 Å². The molecule has 2 N–H and O–H groups in total. The highest BCUT2D eigenvalue weighted by Gasteiger charge is 2.49. The summed E-state index contributed by atoms with van der Waals surface area (Å²) in [4.78, 5) is 25.8. The highest BCUT2D eigenvalue weighted by molar-refractivity contribution is 6.21. The Hall–Kier alpha value is -1.87. The van der Waals surface area contributed by atoms with Gasteiger partial charge in [-0.2, -0.15) is 0 Å². The van der Waals surface area contributed by atoms with E-state index in [1.165, 1.54) is 0 Å². The SMILES string of the molecule is CC1(C)OCC(O)[C@H](C(O)C(F)N2C(=O)c3ccc(C4CCC4)cc3C2=O)O1. The van der Waals surface area contributed by atoms with Crippen molar-refractivity contribution in [1.82, 2.24) is 4.90 Å². The van der Waals surface area contributed by atoms with E-state index in [-0.39, 0.29) is 17.7 Å². The highest BCUT2D eigenvalue weighted by Crippen LogP contribution is 2.38. The Labute approximate surface area is 162 Å². The van der Waals surface area contributed by atoms with E-state index < -0.39 is 42.2 Å². The first kappa shape index (κ1) is 19.4. The minimum absolute atomic E-state index is 0.122. The molecule has 28 heavy (non-hydrogen) atoms. The third-order valence-corrected chi connectivity index (χ3v) is 5.78. The van der Waals surface area contributed by atoms with Crippen LogP contribution in [0.1, 0.15) is 65.3 Å². The number of aliphatic hydroxyl groups is 2. The number of fused-ring (bicyclic) bond motifs is 1. The van der Waals surface area contributed by atoms with Crippen LogP contribution in [0, 0.1) is 0 Å². The molecule has 2 fully saturated rings. The molecule has 2 aliphatic heterocycles. The second kappa shape index (κ2) is 6.88. The molecule has 1 aliphatic carbocycles. The Balaban J connectivity index is 1.56. The molecule has 0 aromatic heterocycles. The number of halogens is 1. The molecule has 7 nitrogen and oxygen atoms in total. The van der Waals surface area contributed by atoms with Crippen molar-refractivity contribution in [3.63, 3.8) is 0 Å². The van der Waals surface area contributed by atoms with Crippen LogP contribution in [0.25, 0.3) is 0 Å². The number of nitrogens with zero attached hydrogens (tertiary/aromatic N) is 1. The molecule has 3 unspecified atom stereocenters. The molecule has 1 aromatic rings. The zero-order valence-corrected chi connectivity index (χ0v) is 15.8. The van der Waals surface area contributed by atoms with E-state index in [2.05, 4.69) is 0 Å². The van der Waals surface area contributed by atoms with Gasteiger partial charge in [0.15, 0.2) is 5.79 Å². The average molecular weight is 393 g/mol. The maximum Gasteiger partial charge on any atom is 0.264 e. The summed E-state index contributed by atoms with van der Waals surface area (Å²) in [6, 6.07) is 5.00. The van der Waals surface area contributed by atoms with E-state index in [1.807, 2.05) is 0 Å². The second-order valence-corrected chi connectivity index (χ2v) is 8.14. The summed E-state index contributed by atoms with van der Waals surface area (Å²) in [5.74, 6) is -2.35. The third-order valence-electron chi connectivity index (χ3n) is 5.78. The summed E-state index contributed by atoms with van der Waals surface area (Å²) in [5, 5.41) is 20.5. The number of ether oxygens (including phenoxy) is 2. The van der Waals surface area contributed by atoms with Gasteiger partial charge in [-0.05, 0) is 50.3 Å². The molecular weight excluding hydrogens is 369 g/mol. The van der Waals surface area contributed by atoms with Gasteiger partial charge in [0.25, 0.3) is 11.8 Å². The van der Waals surface area contributed by atoms with E-state index in [0.717, 1.165) is 24.8 Å². The van der Waals surface area contributed by atoms with Crippen LogP contribution in [0.15, 0.2) is 18.2 Å². The minimum atomic E-state index is -2.35. The van der Waals surface area contributed by atoms with Crippen molar-refractivity contribution < 1.29 is 33.7 Å². The Morgan fingerprint density at radius 1 is 1.21 bits per heavy atom. The normalized spacial score (nSPS) is 29.4. The fourth-order valence-electron chi connectivity index (χ4n) is 3.92. The van der Waals surface area contributed by atoms with Gasteiger partial charge in [0.2, 0.25) is 6.30 Å². The fourth-order valence-corrected chi connectivity index (χ4v) is 3.92. The monoisotopic (exact) mass is 393 g/mol. The van der Waals surface area contributed by atoms with E-state index in [4.69, 9.17) is 9.47 Å². The smallest absolute Gasteiger partial charge is 0.264 e. The lowest BCUT2D eigenvalue weighted by molar-refractivity contribution is -0.323. The number of rotatable bonds is 4. The number of amides is 2. The van der Waals surface area contributed by atoms with Crippen molar-refractivity contribution in [3.05, 3.63) is 34.9 Å². The van der Waals surface area contributed by atoms with Crippen LogP contribution in [0.4, 0.5) is 4.39 Å². The number of aliphatic hydroxyl groups excluding tert-OH is 2. The van der Waals surface area contributed by atoms with Gasteiger partial charge in [0, 0.05) is 0 Å². The molecule has 4 rings (SSSR count). The van der Waals surface area contributed by atoms with Crippen molar-refractivity contribution in [1.29, 1.82) is 0 Å². The zero-order valence-electron chi connectivity index (χ0n) is 15.8. The number of hydrogen-bond acceptors (Lipinski definition) is 6. The summed E-state index contributed by atoms with van der Waals surface area (Å²) >= 11 is 0. The molecule has 8 heteroatoms. The van der Waals surface area contributed by atoms with Crippen LogP contribution in [-0.2, 0) is 9.47 Å². The van der Waals surface area contributed by atoms with Crippen molar-refractivity contribution in [3.8, 4) is 0 Å².